The molecule has 7 nitrogen and oxygen atoms in total. The maximum Gasteiger partial charge on any atom is 0.0675 e. The Bertz CT molecular complexity index is 251. The Labute approximate surface area is 147 Å². The second-order valence-electron chi connectivity index (χ2n) is 7.35. The van der Waals surface area contributed by atoms with E-state index in [1.54, 1.807) is 0 Å². The molecule has 0 aromatic rings. The number of carboxylic acids is 1. The van der Waals surface area contributed by atoms with Crippen LogP contribution in [0.15, 0.2) is 0 Å². The monoisotopic (exact) mass is 353 g/mol. The summed E-state index contributed by atoms with van der Waals surface area (Å²) in [6.45, 7) is 0.513. The molecule has 0 spiro atoms. The summed E-state index contributed by atoms with van der Waals surface area (Å²) in [4.78, 5) is 9.92. The molecule has 0 aliphatic rings. The topological polar surface area (TPSA) is 121 Å². The minimum absolute atomic E-state index is 0.226. The average Bonchev–Trinajstić information content (AvgIpc) is 2.49. The Hall–Kier alpha value is -0.730. The third kappa shape index (κ3) is 26.2. The van der Waals surface area contributed by atoms with Crippen LogP contribution in [-0.2, 0) is 4.79 Å². The molecule has 148 valence electrons. The molecule has 0 aliphatic carbocycles. The lowest BCUT2D eigenvalue weighted by Crippen LogP contribution is -2.37. The lowest BCUT2D eigenvalue weighted by atomic mass is 9.93. The van der Waals surface area contributed by atoms with Gasteiger partial charge >= 0.3 is 0 Å². The molecule has 0 atom stereocenters. The molecule has 0 heterocycles. The van der Waals surface area contributed by atoms with Crippen molar-refractivity contribution in [3.63, 3.8) is 0 Å². The number of aliphatic hydroxyl groups excluding tert-OH is 4. The third-order valence-corrected chi connectivity index (χ3v) is 2.83. The van der Waals surface area contributed by atoms with Crippen molar-refractivity contribution in [2.45, 2.75) is 45.4 Å². The van der Waals surface area contributed by atoms with E-state index < -0.39 is 37.8 Å². The highest BCUT2D eigenvalue weighted by Crippen LogP contribution is 2.11. The molecular formula is C17H39NO6. The third-order valence-electron chi connectivity index (χ3n) is 2.83. The van der Waals surface area contributed by atoms with Crippen LogP contribution < -0.4 is 5.11 Å². The van der Waals surface area contributed by atoms with Crippen LogP contribution in [0, 0.1) is 5.41 Å². The van der Waals surface area contributed by atoms with Gasteiger partial charge in [0.2, 0.25) is 0 Å². The SMILES string of the molecule is CCCCCCCC(=O)[O-].C[N+](C)(C)C.OCC(CO)(CO)CO. The number of hydrogen-bond donors (Lipinski definition) is 4. The Morgan fingerprint density at radius 3 is 1.38 bits per heavy atom. The van der Waals surface area contributed by atoms with Gasteiger partial charge in [0.15, 0.2) is 0 Å². The van der Waals surface area contributed by atoms with Crippen LogP contribution in [0.4, 0.5) is 0 Å². The second kappa shape index (κ2) is 17.1. The zero-order valence-corrected chi connectivity index (χ0v) is 16.1. The van der Waals surface area contributed by atoms with E-state index in [1.165, 1.54) is 12.8 Å². The van der Waals surface area contributed by atoms with Crippen molar-refractivity contribution in [1.82, 2.24) is 0 Å². The number of aliphatic carboxylic acids is 1. The number of aliphatic hydroxyl groups is 4. The van der Waals surface area contributed by atoms with Gasteiger partial charge in [0.05, 0.1) is 60.0 Å². The van der Waals surface area contributed by atoms with Crippen LogP contribution in [0.2, 0.25) is 0 Å². The van der Waals surface area contributed by atoms with Crippen molar-refractivity contribution in [1.29, 1.82) is 0 Å². The van der Waals surface area contributed by atoms with Crippen LogP contribution in [0.1, 0.15) is 45.4 Å². The fraction of sp³-hybridized carbons (Fsp3) is 0.941. The highest BCUT2D eigenvalue weighted by atomic mass is 16.4. The number of hydrogen-bond acceptors (Lipinski definition) is 6. The number of carbonyl (C=O) groups excluding carboxylic acids is 1. The number of rotatable bonds is 10. The van der Waals surface area contributed by atoms with Crippen LogP contribution in [0.3, 0.4) is 0 Å². The molecular weight excluding hydrogens is 314 g/mol. The van der Waals surface area contributed by atoms with Crippen molar-refractivity contribution in [3.05, 3.63) is 0 Å². The minimum Gasteiger partial charge on any atom is -0.550 e. The van der Waals surface area contributed by atoms with E-state index >= 15 is 0 Å². The molecule has 0 amide bonds. The first kappa shape index (κ1) is 28.1. The Kier molecular flexibility index (Phi) is 20.0. The number of carboxylic acid groups (broad SMARTS) is 1. The van der Waals surface area contributed by atoms with E-state index in [0.717, 1.165) is 23.7 Å². The van der Waals surface area contributed by atoms with Gasteiger partial charge in [-0.15, -0.1) is 0 Å². The molecule has 0 saturated carbocycles. The summed E-state index contributed by atoms with van der Waals surface area (Å²) in [5.74, 6) is -0.920. The molecule has 0 fully saturated rings. The summed E-state index contributed by atoms with van der Waals surface area (Å²) in [6, 6.07) is 0. The maximum absolute atomic E-state index is 9.92. The molecule has 0 saturated heterocycles. The number of carbonyl (C=O) groups is 1. The van der Waals surface area contributed by atoms with Gasteiger partial charge < -0.3 is 34.8 Å². The van der Waals surface area contributed by atoms with Gasteiger partial charge in [-0.3, -0.25) is 0 Å². The standard InChI is InChI=1S/C8H16O2.C5H12O4.C4H12N/c1-2-3-4-5-6-7-8(9)10;6-1-5(2-7,3-8)4-9;1-5(2,3)4/h2-7H2,1H3,(H,9,10);6-9H,1-4H2;1-4H3/q;;+1/p-1. The van der Waals surface area contributed by atoms with Crippen molar-refractivity contribution in [2.24, 2.45) is 5.41 Å². The number of quaternary nitrogens is 1. The molecule has 24 heavy (non-hydrogen) atoms. The zero-order valence-electron chi connectivity index (χ0n) is 16.1. The van der Waals surface area contributed by atoms with E-state index in [1.807, 2.05) is 0 Å². The van der Waals surface area contributed by atoms with Gasteiger partial charge in [0.1, 0.15) is 0 Å². The van der Waals surface area contributed by atoms with Crippen LogP contribution in [0.5, 0.6) is 0 Å². The lowest BCUT2D eigenvalue weighted by molar-refractivity contribution is -0.849. The molecule has 0 unspecified atom stereocenters. The Morgan fingerprint density at radius 2 is 1.17 bits per heavy atom. The second-order valence-corrected chi connectivity index (χ2v) is 7.35. The zero-order chi connectivity index (χ0) is 19.6. The minimum atomic E-state index is -1.11. The quantitative estimate of drug-likeness (QED) is 0.306. The van der Waals surface area contributed by atoms with Crippen LogP contribution in [-0.4, -0.2) is 85.5 Å². The summed E-state index contributed by atoms with van der Waals surface area (Å²) in [7, 11) is 8.50. The van der Waals surface area contributed by atoms with Crippen molar-refractivity contribution in [2.75, 3.05) is 54.6 Å². The van der Waals surface area contributed by atoms with Gasteiger partial charge in [-0.1, -0.05) is 32.6 Å². The highest BCUT2D eigenvalue weighted by Gasteiger charge is 2.26. The first-order chi connectivity index (χ1) is 11.0. The average molecular weight is 354 g/mol. The molecule has 0 rings (SSSR count). The molecule has 0 radical (unpaired) electrons. The summed E-state index contributed by atoms with van der Waals surface area (Å²) in [6.07, 6.45) is 5.61. The smallest absolute Gasteiger partial charge is 0.0675 e. The highest BCUT2D eigenvalue weighted by molar-refractivity contribution is 5.63. The summed E-state index contributed by atoms with van der Waals surface area (Å²) in [5, 5.41) is 43.9. The molecule has 0 aromatic carbocycles. The number of unbranched alkanes of at least 4 members (excludes halogenated alkanes) is 4. The maximum atomic E-state index is 9.92. The van der Waals surface area contributed by atoms with Crippen LogP contribution in [0.25, 0.3) is 0 Å². The summed E-state index contributed by atoms with van der Waals surface area (Å²) >= 11 is 0. The van der Waals surface area contributed by atoms with E-state index in [0.29, 0.717) is 0 Å². The first-order valence-electron chi connectivity index (χ1n) is 8.44. The van der Waals surface area contributed by atoms with Gasteiger partial charge in [-0.2, -0.15) is 0 Å². The van der Waals surface area contributed by atoms with E-state index in [2.05, 4.69) is 35.1 Å². The van der Waals surface area contributed by atoms with E-state index in [4.69, 9.17) is 20.4 Å². The summed E-state index contributed by atoms with van der Waals surface area (Å²) < 4.78 is 1.00. The predicted octanol–water partition coefficient (Wildman–Crippen LogP) is -0.639. The van der Waals surface area contributed by atoms with E-state index in [-0.39, 0.29) is 6.42 Å². The largest absolute Gasteiger partial charge is 0.550 e. The van der Waals surface area contributed by atoms with Gasteiger partial charge in [-0.05, 0) is 12.8 Å². The van der Waals surface area contributed by atoms with Crippen molar-refractivity contribution in [3.8, 4) is 0 Å². The van der Waals surface area contributed by atoms with E-state index in [9.17, 15) is 9.90 Å². The summed E-state index contributed by atoms with van der Waals surface area (Å²) in [5.41, 5.74) is -1.11. The Balaban J connectivity index is -0.000000291. The van der Waals surface area contributed by atoms with Crippen LogP contribution >= 0.6 is 0 Å². The van der Waals surface area contributed by atoms with Gasteiger partial charge in [-0.25, -0.2) is 0 Å². The fourth-order valence-corrected chi connectivity index (χ4v) is 1.17. The van der Waals surface area contributed by atoms with Gasteiger partial charge in [0, 0.05) is 5.97 Å². The molecule has 0 aliphatic heterocycles. The lowest BCUT2D eigenvalue weighted by Gasteiger charge is -2.23. The normalized spacial score (nSPS) is 11.0. The molecule has 0 bridgehead atoms. The molecule has 0 aromatic heterocycles. The van der Waals surface area contributed by atoms with Crippen molar-refractivity contribution < 1.29 is 34.8 Å². The first-order valence-corrected chi connectivity index (χ1v) is 8.44. The number of nitrogens with zero attached hydrogens (tertiary/aromatic N) is 1. The van der Waals surface area contributed by atoms with Gasteiger partial charge in [0.25, 0.3) is 0 Å². The predicted molar refractivity (Wildman–Crippen MR) is 93.1 cm³/mol. The molecule has 7 heteroatoms. The Morgan fingerprint density at radius 1 is 0.833 bits per heavy atom. The fourth-order valence-electron chi connectivity index (χ4n) is 1.17. The molecule has 4 N–H and O–H groups in total. The van der Waals surface area contributed by atoms with Crippen molar-refractivity contribution >= 4 is 5.97 Å².